The Balaban J connectivity index is 2.09. The molecule has 80 valence electrons. The second kappa shape index (κ2) is 5.26. The van der Waals surface area contributed by atoms with Crippen LogP contribution < -0.4 is 0 Å². The molecule has 0 aliphatic carbocycles. The van der Waals surface area contributed by atoms with Gasteiger partial charge in [-0.3, -0.25) is 0 Å². The molecule has 1 nitrogen and oxygen atoms in total. The van der Waals surface area contributed by atoms with Crippen molar-refractivity contribution >= 4 is 6.21 Å². The summed E-state index contributed by atoms with van der Waals surface area (Å²) in [6.07, 6.45) is 2.16. The Labute approximate surface area is 96.7 Å². The van der Waals surface area contributed by atoms with Crippen molar-refractivity contribution in [3.05, 3.63) is 71.8 Å². The van der Waals surface area contributed by atoms with Crippen molar-refractivity contribution in [2.75, 3.05) is 7.05 Å². The molecule has 2 rings (SSSR count). The molecule has 0 heterocycles. The molecule has 1 heteroatoms. The summed E-state index contributed by atoms with van der Waals surface area (Å²) in [5.41, 5.74) is 2.57. The Morgan fingerprint density at radius 2 is 1.44 bits per heavy atom. The Morgan fingerprint density at radius 1 is 0.875 bits per heavy atom. The van der Waals surface area contributed by atoms with Gasteiger partial charge in [0.25, 0.3) is 0 Å². The highest BCUT2D eigenvalue weighted by Gasteiger charge is 1.99. The Morgan fingerprint density at radius 3 is 2.06 bits per heavy atom. The Kier molecular flexibility index (Phi) is 3.50. The van der Waals surface area contributed by atoms with Crippen LogP contribution in [0.3, 0.4) is 0 Å². The normalized spacial score (nSPS) is 11.4. The average molecular weight is 210 g/mol. The summed E-state index contributed by atoms with van der Waals surface area (Å²) in [5.74, 6) is 0. The summed E-state index contributed by atoms with van der Waals surface area (Å²) in [7, 11) is 2.10. The van der Waals surface area contributed by atoms with Gasteiger partial charge in [-0.1, -0.05) is 48.5 Å². The molecule has 0 saturated heterocycles. The molecule has 0 fully saturated rings. The van der Waals surface area contributed by atoms with E-state index >= 15 is 0 Å². The zero-order valence-electron chi connectivity index (χ0n) is 9.51. The average Bonchev–Trinajstić information content (AvgIpc) is 2.31. The lowest BCUT2D eigenvalue weighted by molar-refractivity contribution is -0.508. The van der Waals surface area contributed by atoms with Gasteiger partial charge in [0.05, 0.1) is 0 Å². The van der Waals surface area contributed by atoms with Crippen LogP contribution in [0.15, 0.2) is 60.7 Å². The number of hydrogen-bond acceptors (Lipinski definition) is 0. The highest BCUT2D eigenvalue weighted by molar-refractivity contribution is 5.75. The number of hydrogen-bond donors (Lipinski definition) is 0. The Hall–Kier alpha value is -1.89. The molecule has 0 atom stereocenters. The first-order chi connectivity index (χ1) is 7.84. The molecule has 0 unspecified atom stereocenters. The van der Waals surface area contributed by atoms with Crippen LogP contribution in [0.1, 0.15) is 11.1 Å². The summed E-state index contributed by atoms with van der Waals surface area (Å²) in [6, 6.07) is 20.9. The van der Waals surface area contributed by atoms with E-state index in [2.05, 4.69) is 66.4 Å². The van der Waals surface area contributed by atoms with Gasteiger partial charge in [-0.25, -0.2) is 4.58 Å². The van der Waals surface area contributed by atoms with Crippen molar-refractivity contribution < 1.29 is 4.58 Å². The van der Waals surface area contributed by atoms with E-state index in [-0.39, 0.29) is 0 Å². The molecular formula is C15H16N+. The summed E-state index contributed by atoms with van der Waals surface area (Å²) >= 11 is 0. The van der Waals surface area contributed by atoms with Crippen molar-refractivity contribution in [3.63, 3.8) is 0 Å². The van der Waals surface area contributed by atoms with Gasteiger partial charge in [0.15, 0.2) is 12.8 Å². The lowest BCUT2D eigenvalue weighted by atomic mass is 10.2. The summed E-state index contributed by atoms with van der Waals surface area (Å²) in [5, 5.41) is 0. The maximum atomic E-state index is 2.20. The van der Waals surface area contributed by atoms with Gasteiger partial charge < -0.3 is 0 Å². The van der Waals surface area contributed by atoms with Crippen LogP contribution in [0.25, 0.3) is 0 Å². The van der Waals surface area contributed by atoms with E-state index < -0.39 is 0 Å². The second-order valence-electron chi connectivity index (χ2n) is 3.94. The van der Waals surface area contributed by atoms with Crippen LogP contribution in [0.2, 0.25) is 0 Å². The molecule has 0 amide bonds. The van der Waals surface area contributed by atoms with Crippen LogP contribution >= 0.6 is 0 Å². The van der Waals surface area contributed by atoms with E-state index in [4.69, 9.17) is 0 Å². The SMILES string of the molecule is C[N+](=Cc1ccccc1)Cc1ccccc1. The van der Waals surface area contributed by atoms with E-state index in [1.165, 1.54) is 11.1 Å². The molecule has 0 bridgehead atoms. The topological polar surface area (TPSA) is 3.01 Å². The van der Waals surface area contributed by atoms with Gasteiger partial charge in [-0.05, 0) is 12.1 Å². The van der Waals surface area contributed by atoms with Crippen molar-refractivity contribution in [2.45, 2.75) is 6.54 Å². The predicted octanol–water partition coefficient (Wildman–Crippen LogP) is 2.95. The minimum Gasteiger partial charge on any atom is -0.234 e. The standard InChI is InChI=1S/C15H16N/c1-16(12-14-8-4-2-5-9-14)13-15-10-6-3-7-11-15/h2-12H,13H2,1H3/q+1. The van der Waals surface area contributed by atoms with Crippen LogP contribution in [0, 0.1) is 0 Å². The van der Waals surface area contributed by atoms with E-state index in [9.17, 15) is 0 Å². The Bertz CT molecular complexity index is 457. The number of rotatable bonds is 3. The van der Waals surface area contributed by atoms with E-state index in [1.807, 2.05) is 12.1 Å². The molecule has 0 aromatic heterocycles. The van der Waals surface area contributed by atoms with Gasteiger partial charge in [0.1, 0.15) is 7.05 Å². The zero-order chi connectivity index (χ0) is 11.2. The maximum absolute atomic E-state index is 2.20. The molecule has 0 saturated carbocycles. The highest BCUT2D eigenvalue weighted by atomic mass is 14.9. The highest BCUT2D eigenvalue weighted by Crippen LogP contribution is 2.00. The molecule has 16 heavy (non-hydrogen) atoms. The van der Waals surface area contributed by atoms with Crippen molar-refractivity contribution in [2.24, 2.45) is 0 Å². The van der Waals surface area contributed by atoms with Gasteiger partial charge in [0, 0.05) is 11.1 Å². The fourth-order valence-electron chi connectivity index (χ4n) is 1.71. The van der Waals surface area contributed by atoms with E-state index in [0.29, 0.717) is 0 Å². The number of nitrogens with zero attached hydrogens (tertiary/aromatic N) is 1. The van der Waals surface area contributed by atoms with Gasteiger partial charge in [-0.15, -0.1) is 0 Å². The minimum atomic E-state index is 0.940. The molecule has 0 aliphatic rings. The molecule has 0 N–H and O–H groups in total. The maximum Gasteiger partial charge on any atom is 0.170 e. The van der Waals surface area contributed by atoms with Crippen LogP contribution in [0.4, 0.5) is 0 Å². The second-order valence-corrected chi connectivity index (χ2v) is 3.94. The summed E-state index contributed by atoms with van der Waals surface area (Å²) in [4.78, 5) is 0. The quantitative estimate of drug-likeness (QED) is 0.541. The minimum absolute atomic E-state index is 0.940. The van der Waals surface area contributed by atoms with E-state index in [1.54, 1.807) is 0 Å². The van der Waals surface area contributed by atoms with Crippen LogP contribution in [0.5, 0.6) is 0 Å². The third-order valence-corrected chi connectivity index (χ3v) is 2.44. The lowest BCUT2D eigenvalue weighted by Crippen LogP contribution is -2.07. The molecule has 2 aromatic carbocycles. The van der Waals surface area contributed by atoms with Crippen LogP contribution in [-0.2, 0) is 6.54 Å². The largest absolute Gasteiger partial charge is 0.234 e. The van der Waals surface area contributed by atoms with Crippen molar-refractivity contribution in [1.29, 1.82) is 0 Å². The first-order valence-electron chi connectivity index (χ1n) is 5.49. The summed E-state index contributed by atoms with van der Waals surface area (Å²) < 4.78 is 2.20. The van der Waals surface area contributed by atoms with Crippen molar-refractivity contribution in [3.8, 4) is 0 Å². The predicted molar refractivity (Wildman–Crippen MR) is 67.9 cm³/mol. The molecule has 0 aliphatic heterocycles. The first kappa shape index (κ1) is 10.6. The number of benzene rings is 2. The zero-order valence-corrected chi connectivity index (χ0v) is 9.51. The van der Waals surface area contributed by atoms with Crippen LogP contribution in [-0.4, -0.2) is 17.8 Å². The van der Waals surface area contributed by atoms with E-state index in [0.717, 1.165) is 6.54 Å². The molecule has 0 radical (unpaired) electrons. The smallest absolute Gasteiger partial charge is 0.170 e. The molecule has 0 spiro atoms. The third-order valence-electron chi connectivity index (χ3n) is 2.44. The molecular weight excluding hydrogens is 194 g/mol. The van der Waals surface area contributed by atoms with Crippen molar-refractivity contribution in [1.82, 2.24) is 0 Å². The monoisotopic (exact) mass is 210 g/mol. The van der Waals surface area contributed by atoms with Gasteiger partial charge in [0.2, 0.25) is 0 Å². The fraction of sp³-hybridized carbons (Fsp3) is 0.133. The first-order valence-corrected chi connectivity index (χ1v) is 5.49. The molecule has 2 aromatic rings. The lowest BCUT2D eigenvalue weighted by Gasteiger charge is -1.98. The summed E-state index contributed by atoms with van der Waals surface area (Å²) in [6.45, 7) is 0.940. The van der Waals surface area contributed by atoms with Gasteiger partial charge in [-0.2, -0.15) is 0 Å². The van der Waals surface area contributed by atoms with Gasteiger partial charge >= 0.3 is 0 Å². The fourth-order valence-corrected chi connectivity index (χ4v) is 1.71. The third kappa shape index (κ3) is 3.06.